The van der Waals surface area contributed by atoms with E-state index in [1.165, 1.54) is 0 Å². The summed E-state index contributed by atoms with van der Waals surface area (Å²) in [5, 5.41) is 2.42. The maximum Gasteiger partial charge on any atom is 0.327 e. The number of hydrogen-bond acceptors (Lipinski definition) is 4. The number of ether oxygens (including phenoxy) is 1. The highest BCUT2D eigenvalue weighted by atomic mass is 16.5. The Morgan fingerprint density at radius 1 is 1.04 bits per heavy atom. The Labute approximate surface area is 135 Å². The number of rotatable bonds is 5. The minimum absolute atomic E-state index is 0.168. The fourth-order valence-corrected chi connectivity index (χ4v) is 1.56. The predicted molar refractivity (Wildman–Crippen MR) is 85.7 cm³/mol. The van der Waals surface area contributed by atoms with Crippen LogP contribution in [0.4, 0.5) is 0 Å². The predicted octanol–water partition coefficient (Wildman–Crippen LogP) is 1.01. The highest BCUT2D eigenvalue weighted by Gasteiger charge is 2.15. The van der Waals surface area contributed by atoms with E-state index >= 15 is 0 Å². The molecular weight excluding hydrogens is 298 g/mol. The van der Waals surface area contributed by atoms with Crippen molar-refractivity contribution in [3.8, 4) is 5.75 Å². The lowest BCUT2D eigenvalue weighted by Gasteiger charge is -2.11. The van der Waals surface area contributed by atoms with Gasteiger partial charge in [0.1, 0.15) is 5.75 Å². The van der Waals surface area contributed by atoms with E-state index in [9.17, 15) is 14.4 Å². The summed E-state index contributed by atoms with van der Waals surface area (Å²) in [5.74, 6) is -1.35. The van der Waals surface area contributed by atoms with Gasteiger partial charge in [-0.15, -0.1) is 0 Å². The number of benzene rings is 1. The molecule has 3 N–H and O–H groups in total. The molecule has 0 aliphatic carbocycles. The number of carbonyl (C=O) groups excluding carboxylic acids is 3. The zero-order chi connectivity index (χ0) is 17.4. The summed E-state index contributed by atoms with van der Waals surface area (Å²) in [7, 11) is 0. The average Bonchev–Trinajstić information content (AvgIpc) is 2.49. The van der Waals surface area contributed by atoms with Crippen molar-refractivity contribution in [1.82, 2.24) is 16.2 Å². The molecule has 0 saturated heterocycles. The van der Waals surface area contributed by atoms with Crippen molar-refractivity contribution in [3.05, 3.63) is 29.8 Å². The Morgan fingerprint density at radius 3 is 2.35 bits per heavy atom. The maximum absolute atomic E-state index is 12.0. The molecule has 0 radical (unpaired) electrons. The van der Waals surface area contributed by atoms with E-state index in [4.69, 9.17) is 4.74 Å². The van der Waals surface area contributed by atoms with Gasteiger partial charge in [0.2, 0.25) is 0 Å². The Balaban J connectivity index is 2.56. The molecule has 0 aliphatic heterocycles. The van der Waals surface area contributed by atoms with Crippen molar-refractivity contribution in [2.45, 2.75) is 33.7 Å². The quantitative estimate of drug-likeness (QED) is 0.557. The molecule has 0 atom stereocenters. The molecule has 7 heteroatoms. The van der Waals surface area contributed by atoms with Crippen molar-refractivity contribution < 1.29 is 19.1 Å². The van der Waals surface area contributed by atoms with Crippen LogP contribution < -0.4 is 20.9 Å². The van der Waals surface area contributed by atoms with E-state index < -0.39 is 17.7 Å². The molecule has 1 aromatic rings. The molecule has 0 aromatic heterocycles. The molecule has 0 bridgehead atoms. The minimum Gasteiger partial charge on any atom is -0.493 e. The van der Waals surface area contributed by atoms with Gasteiger partial charge in [0.15, 0.2) is 0 Å². The first-order valence-electron chi connectivity index (χ1n) is 7.43. The smallest absolute Gasteiger partial charge is 0.327 e. The van der Waals surface area contributed by atoms with Crippen LogP contribution in [0.1, 0.15) is 38.1 Å². The summed E-state index contributed by atoms with van der Waals surface area (Å²) in [6.07, 6.45) is 0. The number of hydrazine groups is 1. The van der Waals surface area contributed by atoms with Crippen LogP contribution in [0.3, 0.4) is 0 Å². The maximum atomic E-state index is 12.0. The second kappa shape index (κ2) is 8.77. The van der Waals surface area contributed by atoms with Gasteiger partial charge in [-0.3, -0.25) is 25.2 Å². The normalized spacial score (nSPS) is 10.3. The summed E-state index contributed by atoms with van der Waals surface area (Å²) in [4.78, 5) is 34.9. The van der Waals surface area contributed by atoms with Crippen molar-refractivity contribution in [1.29, 1.82) is 0 Å². The third kappa shape index (κ3) is 6.82. The Kier molecular flexibility index (Phi) is 7.05. The first-order valence-corrected chi connectivity index (χ1v) is 7.43. The van der Waals surface area contributed by atoms with Crippen molar-refractivity contribution in [3.63, 3.8) is 0 Å². The van der Waals surface area contributed by atoms with Gasteiger partial charge in [-0.25, -0.2) is 0 Å². The van der Waals surface area contributed by atoms with Crippen molar-refractivity contribution >= 4 is 17.7 Å². The molecule has 7 nitrogen and oxygen atoms in total. The number of nitrogens with one attached hydrogen (secondary N) is 3. The third-order valence-electron chi connectivity index (χ3n) is 2.60. The van der Waals surface area contributed by atoms with Crippen LogP contribution in [0.2, 0.25) is 0 Å². The molecule has 1 aromatic carbocycles. The van der Waals surface area contributed by atoms with Crippen LogP contribution in [0.25, 0.3) is 0 Å². The molecule has 126 valence electrons. The molecule has 0 unspecified atom stereocenters. The summed E-state index contributed by atoms with van der Waals surface area (Å²) in [6.45, 7) is 8.04. The standard InChI is InChI=1S/C16H23N3O4/c1-10(2)9-23-13-7-5-6-12(8-13)14(20)18-19-16(22)15(21)17-11(3)4/h5-8,10-11H,9H2,1-4H3,(H,17,21)(H,18,20)(H,19,22). The van der Waals surface area contributed by atoms with Gasteiger partial charge in [0.05, 0.1) is 6.61 Å². The van der Waals surface area contributed by atoms with E-state index in [1.807, 2.05) is 13.8 Å². The fraction of sp³-hybridized carbons (Fsp3) is 0.438. The zero-order valence-electron chi connectivity index (χ0n) is 13.8. The lowest BCUT2D eigenvalue weighted by atomic mass is 10.2. The van der Waals surface area contributed by atoms with E-state index in [1.54, 1.807) is 38.1 Å². The molecule has 0 heterocycles. The van der Waals surface area contributed by atoms with Crippen LogP contribution in [-0.4, -0.2) is 30.4 Å². The first kappa shape index (κ1) is 18.5. The van der Waals surface area contributed by atoms with Gasteiger partial charge in [0.25, 0.3) is 5.91 Å². The number of carbonyl (C=O) groups is 3. The second-order valence-electron chi connectivity index (χ2n) is 5.77. The summed E-state index contributed by atoms with van der Waals surface area (Å²) in [5.41, 5.74) is 4.57. The van der Waals surface area contributed by atoms with Crippen LogP contribution >= 0.6 is 0 Å². The SMILES string of the molecule is CC(C)COc1cccc(C(=O)NNC(=O)C(=O)NC(C)C)c1. The van der Waals surface area contributed by atoms with Gasteiger partial charge in [0, 0.05) is 11.6 Å². The molecule has 0 fully saturated rings. The molecular formula is C16H23N3O4. The highest BCUT2D eigenvalue weighted by molar-refractivity contribution is 6.35. The topological polar surface area (TPSA) is 96.5 Å². The van der Waals surface area contributed by atoms with Crippen molar-refractivity contribution in [2.24, 2.45) is 5.92 Å². The Hall–Kier alpha value is -2.57. The van der Waals surface area contributed by atoms with Crippen molar-refractivity contribution in [2.75, 3.05) is 6.61 Å². The van der Waals surface area contributed by atoms with Gasteiger partial charge in [-0.2, -0.15) is 0 Å². The fourth-order valence-electron chi connectivity index (χ4n) is 1.56. The van der Waals surface area contributed by atoms with Crippen LogP contribution in [0.15, 0.2) is 24.3 Å². The number of amides is 3. The second-order valence-corrected chi connectivity index (χ2v) is 5.77. The van der Waals surface area contributed by atoms with E-state index in [2.05, 4.69) is 16.2 Å². The van der Waals surface area contributed by atoms with Gasteiger partial charge in [-0.1, -0.05) is 19.9 Å². The van der Waals surface area contributed by atoms with E-state index in [0.717, 1.165) is 0 Å². The molecule has 0 saturated carbocycles. The molecule has 1 rings (SSSR count). The monoisotopic (exact) mass is 321 g/mol. The molecule has 0 spiro atoms. The Bertz CT molecular complexity index is 570. The Morgan fingerprint density at radius 2 is 1.74 bits per heavy atom. The van der Waals surface area contributed by atoms with E-state index in [-0.39, 0.29) is 6.04 Å². The summed E-state index contributed by atoms with van der Waals surface area (Å²) < 4.78 is 5.53. The average molecular weight is 321 g/mol. The minimum atomic E-state index is -0.931. The number of hydrogen-bond donors (Lipinski definition) is 3. The lowest BCUT2D eigenvalue weighted by molar-refractivity contribution is -0.139. The molecule has 23 heavy (non-hydrogen) atoms. The van der Waals surface area contributed by atoms with Gasteiger partial charge >= 0.3 is 11.8 Å². The first-order chi connectivity index (χ1) is 10.8. The van der Waals surface area contributed by atoms with E-state index in [0.29, 0.717) is 23.8 Å². The lowest BCUT2D eigenvalue weighted by Crippen LogP contribution is -2.49. The van der Waals surface area contributed by atoms with Gasteiger partial charge in [-0.05, 0) is 38.0 Å². The van der Waals surface area contributed by atoms with Crippen LogP contribution in [0, 0.1) is 5.92 Å². The summed E-state index contributed by atoms with van der Waals surface area (Å²) in [6, 6.07) is 6.40. The van der Waals surface area contributed by atoms with Crippen LogP contribution in [0.5, 0.6) is 5.75 Å². The third-order valence-corrected chi connectivity index (χ3v) is 2.60. The van der Waals surface area contributed by atoms with Crippen LogP contribution in [-0.2, 0) is 9.59 Å². The molecule has 0 aliphatic rings. The molecule has 3 amide bonds. The van der Waals surface area contributed by atoms with Gasteiger partial charge < -0.3 is 10.1 Å². The largest absolute Gasteiger partial charge is 0.493 e. The highest BCUT2D eigenvalue weighted by Crippen LogP contribution is 2.14. The summed E-state index contributed by atoms with van der Waals surface area (Å²) >= 11 is 0. The zero-order valence-corrected chi connectivity index (χ0v) is 13.8.